The number of esters is 1. The van der Waals surface area contributed by atoms with E-state index < -0.39 is 8.07 Å². The molecule has 0 spiro atoms. The molecule has 0 N–H and O–H groups in total. The van der Waals surface area contributed by atoms with Crippen molar-refractivity contribution < 1.29 is 9.53 Å². The highest BCUT2D eigenvalue weighted by atomic mass is 28.3. The van der Waals surface area contributed by atoms with Gasteiger partial charge in [0.1, 0.15) is 0 Å². The van der Waals surface area contributed by atoms with E-state index in [-0.39, 0.29) is 5.97 Å². The molecule has 0 amide bonds. The molecule has 2 aromatic rings. The molecule has 2 nitrogen and oxygen atoms in total. The van der Waals surface area contributed by atoms with Gasteiger partial charge in [-0.1, -0.05) is 60.8 Å². The van der Waals surface area contributed by atoms with E-state index >= 15 is 0 Å². The molecule has 120 valence electrons. The molecular weight excluding hydrogens is 300 g/mol. The Bertz CT molecular complexity index is 670. The van der Waals surface area contributed by atoms with Crippen LogP contribution < -0.4 is 5.19 Å². The second-order valence-corrected chi connectivity index (χ2v) is 11.0. The Morgan fingerprint density at radius 2 is 1.57 bits per heavy atom. The highest BCUT2D eigenvalue weighted by Gasteiger charge is 2.21. The first-order valence-electron chi connectivity index (χ1n) is 7.97. The van der Waals surface area contributed by atoms with E-state index in [4.69, 9.17) is 4.74 Å². The van der Waals surface area contributed by atoms with Gasteiger partial charge in [-0.25, -0.2) is 4.79 Å². The summed E-state index contributed by atoms with van der Waals surface area (Å²) in [6, 6.07) is 17.4. The Morgan fingerprint density at radius 3 is 2.04 bits per heavy atom. The smallest absolute Gasteiger partial charge is 0.338 e. The maximum atomic E-state index is 11.7. The zero-order chi connectivity index (χ0) is 16.9. The van der Waals surface area contributed by atoms with Gasteiger partial charge >= 0.3 is 5.97 Å². The van der Waals surface area contributed by atoms with Crippen LogP contribution >= 0.6 is 0 Å². The largest absolute Gasteiger partial charge is 0.462 e. The van der Waals surface area contributed by atoms with Crippen molar-refractivity contribution >= 4 is 19.2 Å². The van der Waals surface area contributed by atoms with Crippen LogP contribution in [0.4, 0.5) is 0 Å². The van der Waals surface area contributed by atoms with Gasteiger partial charge in [-0.2, -0.15) is 0 Å². The fraction of sp³-hybridized carbons (Fsp3) is 0.250. The molecule has 23 heavy (non-hydrogen) atoms. The number of allylic oxidation sites excluding steroid dienone is 1. The Balaban J connectivity index is 2.19. The van der Waals surface area contributed by atoms with Crippen LogP contribution in [0, 0.1) is 0 Å². The fourth-order valence-electron chi connectivity index (χ4n) is 2.61. The number of hydrogen-bond acceptors (Lipinski definition) is 2. The van der Waals surface area contributed by atoms with E-state index in [1.807, 2.05) is 37.3 Å². The van der Waals surface area contributed by atoms with E-state index in [1.54, 1.807) is 0 Å². The molecule has 0 bridgehead atoms. The van der Waals surface area contributed by atoms with Crippen molar-refractivity contribution in [1.29, 1.82) is 0 Å². The maximum absolute atomic E-state index is 11.7. The molecule has 0 aliphatic carbocycles. The SMILES string of the molecule is C=CC[Si](C)(C)c1ccc(-c2ccc(C(=O)OCC)cc2)cc1. The molecule has 0 aliphatic heterocycles. The van der Waals surface area contributed by atoms with E-state index in [2.05, 4.69) is 43.9 Å². The second-order valence-electron chi connectivity index (χ2n) is 6.25. The quantitative estimate of drug-likeness (QED) is 0.440. The molecule has 0 fully saturated rings. The lowest BCUT2D eigenvalue weighted by Gasteiger charge is -2.21. The molecule has 0 aromatic heterocycles. The average Bonchev–Trinajstić information content (AvgIpc) is 2.55. The van der Waals surface area contributed by atoms with Gasteiger partial charge in [0, 0.05) is 0 Å². The highest BCUT2D eigenvalue weighted by Crippen LogP contribution is 2.20. The number of hydrogen-bond donors (Lipinski definition) is 0. The lowest BCUT2D eigenvalue weighted by molar-refractivity contribution is 0.0526. The molecule has 0 radical (unpaired) electrons. The van der Waals surface area contributed by atoms with Crippen molar-refractivity contribution in [3.63, 3.8) is 0 Å². The molecule has 0 atom stereocenters. The van der Waals surface area contributed by atoms with Crippen LogP contribution in [0.1, 0.15) is 17.3 Å². The van der Waals surface area contributed by atoms with E-state index in [0.29, 0.717) is 12.2 Å². The van der Waals surface area contributed by atoms with E-state index in [0.717, 1.165) is 17.2 Å². The number of rotatable bonds is 6. The number of benzene rings is 2. The van der Waals surface area contributed by atoms with Crippen LogP contribution in [-0.4, -0.2) is 20.7 Å². The number of carbonyl (C=O) groups excluding carboxylic acids is 1. The van der Waals surface area contributed by atoms with Crippen molar-refractivity contribution in [1.82, 2.24) is 0 Å². The van der Waals surface area contributed by atoms with Crippen LogP contribution in [-0.2, 0) is 4.74 Å². The average molecular weight is 324 g/mol. The summed E-state index contributed by atoms with van der Waals surface area (Å²) in [4.78, 5) is 11.7. The van der Waals surface area contributed by atoms with Crippen molar-refractivity contribution in [2.45, 2.75) is 26.1 Å². The van der Waals surface area contributed by atoms with Crippen LogP contribution in [0.25, 0.3) is 11.1 Å². The van der Waals surface area contributed by atoms with Crippen LogP contribution in [0.5, 0.6) is 0 Å². The fourth-order valence-corrected chi connectivity index (χ4v) is 4.63. The molecule has 0 saturated carbocycles. The van der Waals surface area contributed by atoms with Gasteiger partial charge < -0.3 is 4.74 Å². The van der Waals surface area contributed by atoms with E-state index in [1.165, 1.54) is 5.19 Å². The van der Waals surface area contributed by atoms with Gasteiger partial charge in [0.05, 0.1) is 20.2 Å². The summed E-state index contributed by atoms with van der Waals surface area (Å²) >= 11 is 0. The van der Waals surface area contributed by atoms with Gasteiger partial charge in [-0.05, 0) is 36.2 Å². The Kier molecular flexibility index (Phi) is 5.56. The Labute approximate surface area is 139 Å². The van der Waals surface area contributed by atoms with Gasteiger partial charge in [0.15, 0.2) is 0 Å². The normalized spacial score (nSPS) is 11.1. The highest BCUT2D eigenvalue weighted by molar-refractivity contribution is 6.90. The molecule has 2 rings (SSSR count). The molecule has 0 saturated heterocycles. The lowest BCUT2D eigenvalue weighted by atomic mass is 10.0. The summed E-state index contributed by atoms with van der Waals surface area (Å²) in [6.45, 7) is 10.8. The number of ether oxygens (including phenoxy) is 1. The van der Waals surface area contributed by atoms with Crippen molar-refractivity contribution in [3.05, 3.63) is 66.7 Å². The first kappa shape index (κ1) is 17.2. The summed E-state index contributed by atoms with van der Waals surface area (Å²) < 4.78 is 5.01. The minimum atomic E-state index is -1.42. The van der Waals surface area contributed by atoms with E-state index in [9.17, 15) is 4.79 Å². The first-order valence-corrected chi connectivity index (χ1v) is 11.2. The minimum Gasteiger partial charge on any atom is -0.462 e. The molecule has 0 heterocycles. The zero-order valence-electron chi connectivity index (χ0n) is 14.1. The van der Waals surface area contributed by atoms with Gasteiger partial charge in [-0.3, -0.25) is 0 Å². The lowest BCUT2D eigenvalue weighted by Crippen LogP contribution is -2.40. The van der Waals surface area contributed by atoms with Crippen molar-refractivity contribution in [2.75, 3.05) is 6.61 Å². The molecule has 0 aliphatic rings. The van der Waals surface area contributed by atoms with Crippen LogP contribution in [0.15, 0.2) is 61.2 Å². The Morgan fingerprint density at radius 1 is 1.04 bits per heavy atom. The third kappa shape index (κ3) is 4.20. The number of carbonyl (C=O) groups is 1. The van der Waals surface area contributed by atoms with Crippen LogP contribution in [0.2, 0.25) is 19.1 Å². The van der Waals surface area contributed by atoms with Crippen molar-refractivity contribution in [3.8, 4) is 11.1 Å². The van der Waals surface area contributed by atoms with Gasteiger partial charge in [0.25, 0.3) is 0 Å². The monoisotopic (exact) mass is 324 g/mol. The van der Waals surface area contributed by atoms with Gasteiger partial charge in [0.2, 0.25) is 0 Å². The summed E-state index contributed by atoms with van der Waals surface area (Å²) in [5.41, 5.74) is 2.85. The third-order valence-corrected chi connectivity index (χ3v) is 7.26. The molecular formula is C20H24O2Si. The first-order chi connectivity index (χ1) is 11.0. The van der Waals surface area contributed by atoms with Crippen LogP contribution in [0.3, 0.4) is 0 Å². The topological polar surface area (TPSA) is 26.3 Å². The predicted octanol–water partition coefficient (Wildman–Crippen LogP) is 4.63. The molecule has 0 unspecified atom stereocenters. The molecule has 3 heteroatoms. The minimum absolute atomic E-state index is 0.272. The summed E-state index contributed by atoms with van der Waals surface area (Å²) in [7, 11) is -1.42. The third-order valence-electron chi connectivity index (χ3n) is 4.05. The van der Waals surface area contributed by atoms with Gasteiger partial charge in [-0.15, -0.1) is 6.58 Å². The maximum Gasteiger partial charge on any atom is 0.338 e. The summed E-state index contributed by atoms with van der Waals surface area (Å²) in [5, 5.41) is 1.43. The Hall–Kier alpha value is -2.13. The summed E-state index contributed by atoms with van der Waals surface area (Å²) in [6.07, 6.45) is 2.02. The standard InChI is InChI=1S/C20H24O2Si/c1-5-15-23(3,4)19-13-11-17(12-14-19)16-7-9-18(10-8-16)20(21)22-6-2/h5,7-14H,1,6,15H2,2-4H3. The predicted molar refractivity (Wildman–Crippen MR) is 100.0 cm³/mol. The van der Waals surface area contributed by atoms with Crippen molar-refractivity contribution in [2.24, 2.45) is 0 Å². The zero-order valence-corrected chi connectivity index (χ0v) is 15.1. The summed E-state index contributed by atoms with van der Waals surface area (Å²) in [5.74, 6) is -0.272. The second kappa shape index (κ2) is 7.42. The molecule has 2 aromatic carbocycles.